The van der Waals surface area contributed by atoms with Gasteiger partial charge in [-0.1, -0.05) is 12.1 Å². The van der Waals surface area contributed by atoms with Crippen LogP contribution in [0.4, 0.5) is 5.69 Å². The number of nitrogens with two attached hydrogens (primary N) is 1. The van der Waals surface area contributed by atoms with Crippen molar-refractivity contribution in [1.82, 2.24) is 0 Å². The average molecular weight is 310 g/mol. The first-order valence-electron chi connectivity index (χ1n) is 5.62. The van der Waals surface area contributed by atoms with Gasteiger partial charge in [-0.15, -0.1) is 12.4 Å². The van der Waals surface area contributed by atoms with Crippen LogP contribution in [0.3, 0.4) is 0 Å². The van der Waals surface area contributed by atoms with Gasteiger partial charge in [0.1, 0.15) is 11.5 Å². The van der Waals surface area contributed by atoms with E-state index in [0.29, 0.717) is 11.4 Å². The Morgan fingerprint density at radius 3 is 2.14 bits per heavy atom. The number of aromatic carboxylic acids is 2. The van der Waals surface area contributed by atoms with Crippen molar-refractivity contribution in [3.8, 4) is 11.5 Å². The van der Waals surface area contributed by atoms with E-state index >= 15 is 0 Å². The van der Waals surface area contributed by atoms with Gasteiger partial charge in [0.25, 0.3) is 0 Å². The van der Waals surface area contributed by atoms with E-state index in [0.717, 1.165) is 6.07 Å². The fourth-order valence-electron chi connectivity index (χ4n) is 1.65. The van der Waals surface area contributed by atoms with Crippen LogP contribution in [0, 0.1) is 0 Å². The maximum atomic E-state index is 11.1. The summed E-state index contributed by atoms with van der Waals surface area (Å²) in [7, 11) is 0. The van der Waals surface area contributed by atoms with E-state index in [9.17, 15) is 9.59 Å². The molecule has 110 valence electrons. The van der Waals surface area contributed by atoms with Gasteiger partial charge in [-0.3, -0.25) is 0 Å². The summed E-state index contributed by atoms with van der Waals surface area (Å²) in [6, 6.07) is 10.4. The van der Waals surface area contributed by atoms with Crippen LogP contribution >= 0.6 is 12.4 Å². The fourth-order valence-corrected chi connectivity index (χ4v) is 1.65. The van der Waals surface area contributed by atoms with E-state index in [1.165, 1.54) is 12.1 Å². The van der Waals surface area contributed by atoms with Crippen molar-refractivity contribution >= 4 is 30.0 Å². The molecule has 0 amide bonds. The minimum atomic E-state index is -1.34. The molecule has 0 saturated heterocycles. The normalized spacial score (nSPS) is 9.52. The van der Waals surface area contributed by atoms with Gasteiger partial charge < -0.3 is 20.7 Å². The lowest BCUT2D eigenvalue weighted by atomic mass is 10.1. The Labute approximate surface area is 126 Å². The van der Waals surface area contributed by atoms with Gasteiger partial charge in [0.05, 0.1) is 16.8 Å². The Morgan fingerprint density at radius 1 is 0.952 bits per heavy atom. The first-order valence-corrected chi connectivity index (χ1v) is 5.62. The van der Waals surface area contributed by atoms with Gasteiger partial charge >= 0.3 is 11.9 Å². The third kappa shape index (κ3) is 3.64. The monoisotopic (exact) mass is 309 g/mol. The molecule has 7 heteroatoms. The number of halogens is 1. The smallest absolute Gasteiger partial charge is 0.336 e. The third-order valence-corrected chi connectivity index (χ3v) is 2.60. The van der Waals surface area contributed by atoms with Crippen molar-refractivity contribution in [1.29, 1.82) is 0 Å². The lowest BCUT2D eigenvalue weighted by molar-refractivity contribution is 0.0651. The average Bonchev–Trinajstić information content (AvgIpc) is 2.41. The SMILES string of the molecule is Cl.Nc1ccccc1Oc1ccc(C(=O)O)c(C(=O)O)c1. The number of carbonyl (C=O) groups is 2. The van der Waals surface area contributed by atoms with E-state index in [1.807, 2.05) is 0 Å². The summed E-state index contributed by atoms with van der Waals surface area (Å²) in [6.07, 6.45) is 0. The minimum Gasteiger partial charge on any atom is -0.478 e. The first-order chi connectivity index (χ1) is 9.49. The highest BCUT2D eigenvalue weighted by atomic mass is 35.5. The largest absolute Gasteiger partial charge is 0.478 e. The summed E-state index contributed by atoms with van der Waals surface area (Å²) < 4.78 is 5.45. The van der Waals surface area contributed by atoms with Crippen molar-refractivity contribution in [3.05, 3.63) is 53.6 Å². The summed E-state index contributed by atoms with van der Waals surface area (Å²) in [5, 5.41) is 17.9. The number of ether oxygens (including phenoxy) is 1. The van der Waals surface area contributed by atoms with Crippen LogP contribution < -0.4 is 10.5 Å². The molecule has 21 heavy (non-hydrogen) atoms. The summed E-state index contributed by atoms with van der Waals surface area (Å²) in [4.78, 5) is 22.0. The third-order valence-electron chi connectivity index (χ3n) is 2.60. The molecule has 0 saturated carbocycles. The summed E-state index contributed by atoms with van der Waals surface area (Å²) in [6.45, 7) is 0. The Morgan fingerprint density at radius 2 is 1.57 bits per heavy atom. The highest BCUT2D eigenvalue weighted by Gasteiger charge is 2.17. The van der Waals surface area contributed by atoms with Crippen LogP contribution in [0.15, 0.2) is 42.5 Å². The molecule has 0 aliphatic carbocycles. The molecule has 2 rings (SSSR count). The Kier molecular flexibility index (Phi) is 5.15. The summed E-state index contributed by atoms with van der Waals surface area (Å²) in [5.74, 6) is -2.08. The van der Waals surface area contributed by atoms with Crippen molar-refractivity contribution in [2.45, 2.75) is 0 Å². The molecule has 0 unspecified atom stereocenters. The van der Waals surface area contributed by atoms with E-state index in [2.05, 4.69) is 0 Å². The lowest BCUT2D eigenvalue weighted by Crippen LogP contribution is -2.08. The van der Waals surface area contributed by atoms with E-state index in [-0.39, 0.29) is 29.3 Å². The summed E-state index contributed by atoms with van der Waals surface area (Å²) >= 11 is 0. The predicted octanol–water partition coefficient (Wildman–Crippen LogP) is 2.88. The number of para-hydroxylation sites is 2. The fraction of sp³-hybridized carbons (Fsp3) is 0. The lowest BCUT2D eigenvalue weighted by Gasteiger charge is -2.09. The maximum Gasteiger partial charge on any atom is 0.336 e. The second-order valence-corrected chi connectivity index (χ2v) is 3.96. The molecule has 0 aliphatic rings. The molecule has 4 N–H and O–H groups in total. The molecule has 6 nitrogen and oxygen atoms in total. The number of carboxylic acid groups (broad SMARTS) is 2. The minimum absolute atomic E-state index is 0. The van der Waals surface area contributed by atoms with E-state index in [1.54, 1.807) is 24.3 Å². The van der Waals surface area contributed by atoms with Crippen molar-refractivity contribution < 1.29 is 24.5 Å². The van der Waals surface area contributed by atoms with Gasteiger partial charge in [0, 0.05) is 0 Å². The van der Waals surface area contributed by atoms with Crippen LogP contribution in [0.1, 0.15) is 20.7 Å². The molecule has 2 aromatic rings. The molecule has 2 aromatic carbocycles. The van der Waals surface area contributed by atoms with Crippen LogP contribution in [0.25, 0.3) is 0 Å². The predicted molar refractivity (Wildman–Crippen MR) is 78.5 cm³/mol. The van der Waals surface area contributed by atoms with Crippen LogP contribution in [-0.2, 0) is 0 Å². The second-order valence-electron chi connectivity index (χ2n) is 3.96. The molecule has 0 fully saturated rings. The Hall–Kier alpha value is -2.73. The van der Waals surface area contributed by atoms with Gasteiger partial charge in [-0.05, 0) is 30.3 Å². The van der Waals surface area contributed by atoms with E-state index in [4.69, 9.17) is 20.7 Å². The topological polar surface area (TPSA) is 110 Å². The highest BCUT2D eigenvalue weighted by molar-refractivity contribution is 6.02. The molecular formula is C14H12ClNO5. The molecule has 0 aliphatic heterocycles. The van der Waals surface area contributed by atoms with E-state index < -0.39 is 11.9 Å². The van der Waals surface area contributed by atoms with Gasteiger partial charge in [0.15, 0.2) is 0 Å². The zero-order chi connectivity index (χ0) is 14.7. The maximum absolute atomic E-state index is 11.1. The zero-order valence-electron chi connectivity index (χ0n) is 10.6. The summed E-state index contributed by atoms with van der Waals surface area (Å²) in [5.41, 5.74) is 5.46. The quantitative estimate of drug-likeness (QED) is 0.749. The van der Waals surface area contributed by atoms with Gasteiger partial charge in [0.2, 0.25) is 0 Å². The van der Waals surface area contributed by atoms with Crippen molar-refractivity contribution in [2.75, 3.05) is 5.73 Å². The molecule has 0 aromatic heterocycles. The van der Waals surface area contributed by atoms with Crippen molar-refractivity contribution in [3.63, 3.8) is 0 Å². The molecule has 0 bridgehead atoms. The zero-order valence-corrected chi connectivity index (χ0v) is 11.5. The number of hydrogen-bond acceptors (Lipinski definition) is 4. The number of rotatable bonds is 4. The first kappa shape index (κ1) is 16.3. The molecular weight excluding hydrogens is 298 g/mol. The highest BCUT2D eigenvalue weighted by Crippen LogP contribution is 2.28. The second kappa shape index (κ2) is 6.62. The number of benzene rings is 2. The standard InChI is InChI=1S/C14H11NO5.ClH/c15-11-3-1-2-4-12(11)20-8-5-6-9(13(16)17)10(7-8)14(18)19;/h1-7H,15H2,(H,16,17)(H,18,19);1H. The number of hydrogen-bond donors (Lipinski definition) is 3. The Bertz CT molecular complexity index is 687. The molecule has 0 radical (unpaired) electrons. The molecule has 0 heterocycles. The molecule has 0 atom stereocenters. The van der Waals surface area contributed by atoms with Crippen LogP contribution in [0.2, 0.25) is 0 Å². The van der Waals surface area contributed by atoms with Crippen molar-refractivity contribution in [2.24, 2.45) is 0 Å². The number of anilines is 1. The van der Waals surface area contributed by atoms with Gasteiger partial charge in [-0.25, -0.2) is 9.59 Å². The number of nitrogen functional groups attached to an aromatic ring is 1. The number of carboxylic acids is 2. The van der Waals surface area contributed by atoms with Gasteiger partial charge in [-0.2, -0.15) is 0 Å². The molecule has 0 spiro atoms. The van der Waals surface area contributed by atoms with Crippen LogP contribution in [0.5, 0.6) is 11.5 Å². The Balaban J connectivity index is 0.00000220. The van der Waals surface area contributed by atoms with Crippen LogP contribution in [-0.4, -0.2) is 22.2 Å².